The van der Waals surface area contributed by atoms with Crippen LogP contribution in [0, 0.1) is 0 Å². The van der Waals surface area contributed by atoms with Crippen LogP contribution in [-0.4, -0.2) is 45.0 Å². The number of nitrogens with two attached hydrogens (primary N) is 2. The monoisotopic (exact) mass is 365 g/mol. The van der Waals surface area contributed by atoms with Crippen LogP contribution < -0.4 is 16.4 Å². The van der Waals surface area contributed by atoms with Crippen LogP contribution >= 0.6 is 0 Å². The molecule has 2 aromatic rings. The number of fused-ring (bicyclic) bond motifs is 1. The Morgan fingerprint density at radius 3 is 2.28 bits per heavy atom. The molecule has 0 spiro atoms. The number of benzene rings is 2. The van der Waals surface area contributed by atoms with Crippen LogP contribution in [0.25, 0.3) is 10.8 Å². The maximum absolute atomic E-state index is 12.9. The minimum absolute atomic E-state index is 0.0105. The van der Waals surface area contributed by atoms with Gasteiger partial charge in [0.15, 0.2) is 9.84 Å². The summed E-state index contributed by atoms with van der Waals surface area (Å²) in [5, 5.41) is 9.00. The largest absolute Gasteiger partial charge is 0.480 e. The van der Waals surface area contributed by atoms with E-state index >= 15 is 0 Å². The minimum Gasteiger partial charge on any atom is -0.480 e. The summed E-state index contributed by atoms with van der Waals surface area (Å²) < 4.78 is 25.8. The Balaban J connectivity index is 2.43. The summed E-state index contributed by atoms with van der Waals surface area (Å²) in [6.45, 7) is 0. The second kappa shape index (κ2) is 7.38. The van der Waals surface area contributed by atoms with Gasteiger partial charge in [0.2, 0.25) is 0 Å². The van der Waals surface area contributed by atoms with E-state index in [9.17, 15) is 13.2 Å². The van der Waals surface area contributed by atoms with Crippen molar-refractivity contribution in [3.05, 3.63) is 36.4 Å². The molecular weight excluding hydrogens is 342 g/mol. The first kappa shape index (κ1) is 19.2. The Morgan fingerprint density at radius 1 is 1.08 bits per heavy atom. The van der Waals surface area contributed by atoms with E-state index in [2.05, 4.69) is 0 Å². The second-order valence-electron chi connectivity index (χ2n) is 6.13. The molecule has 2 atom stereocenters. The van der Waals surface area contributed by atoms with Gasteiger partial charge >= 0.3 is 5.97 Å². The number of hydrogen-bond acceptors (Lipinski definition) is 6. The number of anilines is 1. The summed E-state index contributed by atoms with van der Waals surface area (Å²) in [5.41, 5.74) is 12.2. The maximum atomic E-state index is 12.9. The first-order chi connectivity index (χ1) is 11.7. The van der Waals surface area contributed by atoms with E-state index in [-0.39, 0.29) is 17.7 Å². The van der Waals surface area contributed by atoms with Crippen LogP contribution in [-0.2, 0) is 14.6 Å². The lowest BCUT2D eigenvalue weighted by Crippen LogP contribution is -2.36. The van der Waals surface area contributed by atoms with Gasteiger partial charge in [-0.05, 0) is 25.0 Å². The molecule has 0 saturated heterocycles. The van der Waals surface area contributed by atoms with Crippen molar-refractivity contribution >= 4 is 32.3 Å². The zero-order chi connectivity index (χ0) is 18.8. The number of carboxylic acids is 1. The van der Waals surface area contributed by atoms with Gasteiger partial charge in [-0.15, -0.1) is 0 Å². The maximum Gasteiger partial charge on any atom is 0.320 e. The highest BCUT2D eigenvalue weighted by Crippen LogP contribution is 2.31. The fraction of sp³-hybridized carbons (Fsp3) is 0.353. The molecule has 1 unspecified atom stereocenters. The number of nitrogens with zero attached hydrogens (tertiary/aromatic N) is 1. The van der Waals surface area contributed by atoms with Crippen molar-refractivity contribution in [3.8, 4) is 0 Å². The van der Waals surface area contributed by atoms with E-state index in [4.69, 9.17) is 16.6 Å². The normalized spacial score (nSPS) is 14.2. The molecule has 5 N–H and O–H groups in total. The number of aliphatic carboxylic acids is 1. The zero-order valence-electron chi connectivity index (χ0n) is 14.2. The highest BCUT2D eigenvalue weighted by atomic mass is 32.2. The van der Waals surface area contributed by atoms with Crippen LogP contribution in [0.4, 0.5) is 5.69 Å². The molecule has 0 radical (unpaired) electrons. The molecule has 0 bridgehead atoms. The summed E-state index contributed by atoms with van der Waals surface area (Å²) in [7, 11) is -0.0508. The Hall–Kier alpha value is -2.16. The molecular formula is C17H23N3O4S. The van der Waals surface area contributed by atoms with Gasteiger partial charge in [0.05, 0.1) is 4.90 Å². The highest BCUT2D eigenvalue weighted by Gasteiger charge is 2.27. The topological polar surface area (TPSA) is 127 Å². The van der Waals surface area contributed by atoms with Crippen molar-refractivity contribution in [3.63, 3.8) is 0 Å². The number of carboxylic acid groups (broad SMARTS) is 1. The molecule has 7 nitrogen and oxygen atoms in total. The third kappa shape index (κ3) is 3.92. The van der Waals surface area contributed by atoms with E-state index in [1.54, 1.807) is 18.2 Å². The number of sulfone groups is 1. The lowest BCUT2D eigenvalue weighted by molar-refractivity contribution is -0.138. The van der Waals surface area contributed by atoms with Gasteiger partial charge < -0.3 is 21.5 Å². The summed E-state index contributed by atoms with van der Waals surface area (Å²) in [5.74, 6) is -1.18. The van der Waals surface area contributed by atoms with Gasteiger partial charge in [0.25, 0.3) is 0 Å². The molecule has 8 heteroatoms. The van der Waals surface area contributed by atoms with E-state index < -0.39 is 27.2 Å². The highest BCUT2D eigenvalue weighted by molar-refractivity contribution is 7.92. The lowest BCUT2D eigenvalue weighted by Gasteiger charge is -2.19. The van der Waals surface area contributed by atoms with Crippen LogP contribution in [0.2, 0.25) is 0 Å². The summed E-state index contributed by atoms with van der Waals surface area (Å²) in [4.78, 5) is 12.8. The van der Waals surface area contributed by atoms with Crippen LogP contribution in [0.3, 0.4) is 0 Å². The SMILES string of the molecule is CN(C)c1cccc2c(S(=O)(=O)C(N)CC[C@H](N)C(=O)O)cccc12. The van der Waals surface area contributed by atoms with Crippen LogP contribution in [0.1, 0.15) is 12.8 Å². The van der Waals surface area contributed by atoms with E-state index in [0.717, 1.165) is 11.1 Å². The van der Waals surface area contributed by atoms with Gasteiger partial charge in [-0.1, -0.05) is 24.3 Å². The Kier molecular flexibility index (Phi) is 5.66. The van der Waals surface area contributed by atoms with Crippen molar-refractivity contribution in [1.29, 1.82) is 0 Å². The van der Waals surface area contributed by atoms with Crippen molar-refractivity contribution in [2.24, 2.45) is 11.5 Å². The Bertz CT molecular complexity index is 881. The van der Waals surface area contributed by atoms with E-state index in [0.29, 0.717) is 5.39 Å². The van der Waals surface area contributed by atoms with Gasteiger partial charge in [-0.3, -0.25) is 4.79 Å². The van der Waals surface area contributed by atoms with Gasteiger partial charge in [-0.2, -0.15) is 0 Å². The first-order valence-corrected chi connectivity index (χ1v) is 9.38. The van der Waals surface area contributed by atoms with Gasteiger partial charge in [-0.25, -0.2) is 8.42 Å². The molecule has 0 aliphatic carbocycles. The molecule has 0 fully saturated rings. The third-order valence-corrected chi connectivity index (χ3v) is 6.13. The fourth-order valence-electron chi connectivity index (χ4n) is 2.69. The van der Waals surface area contributed by atoms with E-state index in [1.165, 1.54) is 6.07 Å². The average Bonchev–Trinajstić information content (AvgIpc) is 2.57. The Morgan fingerprint density at radius 2 is 1.68 bits per heavy atom. The molecule has 0 saturated carbocycles. The van der Waals surface area contributed by atoms with Gasteiger partial charge in [0.1, 0.15) is 11.4 Å². The smallest absolute Gasteiger partial charge is 0.320 e. The first-order valence-electron chi connectivity index (χ1n) is 7.83. The fourth-order valence-corrected chi connectivity index (χ4v) is 4.21. The molecule has 0 aliphatic rings. The van der Waals surface area contributed by atoms with Crippen LogP contribution in [0.15, 0.2) is 41.3 Å². The molecule has 0 aliphatic heterocycles. The predicted molar refractivity (Wildman–Crippen MR) is 98.3 cm³/mol. The van der Waals surface area contributed by atoms with Gasteiger partial charge in [0, 0.05) is 30.6 Å². The average molecular weight is 365 g/mol. The third-order valence-electron chi connectivity index (χ3n) is 4.13. The second-order valence-corrected chi connectivity index (χ2v) is 8.26. The summed E-state index contributed by atoms with van der Waals surface area (Å²) >= 11 is 0. The van der Waals surface area contributed by atoms with Crippen LogP contribution in [0.5, 0.6) is 0 Å². The number of carbonyl (C=O) groups is 1. The Labute approximate surface area is 147 Å². The molecule has 25 heavy (non-hydrogen) atoms. The quantitative estimate of drug-likeness (QED) is 0.672. The summed E-state index contributed by atoms with van der Waals surface area (Å²) in [6.07, 6.45) is -0.0387. The van der Waals surface area contributed by atoms with Crippen molar-refractivity contribution in [2.75, 3.05) is 19.0 Å². The van der Waals surface area contributed by atoms with Crippen molar-refractivity contribution in [1.82, 2.24) is 0 Å². The predicted octanol–water partition coefficient (Wildman–Crippen LogP) is 1.16. The molecule has 0 amide bonds. The zero-order valence-corrected chi connectivity index (χ0v) is 15.0. The standard InChI is InChI=1S/C17H23N3O4S/c1-20(2)14-7-3-6-12-11(14)5-4-8-15(12)25(23,24)16(19)10-9-13(18)17(21)22/h3-8,13,16H,9-10,18-19H2,1-2H3,(H,21,22)/t13-,16?/m0/s1. The lowest BCUT2D eigenvalue weighted by atomic mass is 10.1. The molecule has 2 aromatic carbocycles. The molecule has 0 heterocycles. The van der Waals surface area contributed by atoms with Crippen molar-refractivity contribution < 1.29 is 18.3 Å². The van der Waals surface area contributed by atoms with E-state index in [1.807, 2.05) is 31.1 Å². The molecule has 136 valence electrons. The molecule has 2 rings (SSSR count). The number of rotatable bonds is 7. The van der Waals surface area contributed by atoms with Crippen molar-refractivity contribution in [2.45, 2.75) is 29.2 Å². The number of hydrogen-bond donors (Lipinski definition) is 3. The summed E-state index contributed by atoms with van der Waals surface area (Å²) in [6, 6.07) is 9.37. The molecule has 0 aromatic heterocycles. The minimum atomic E-state index is -3.82.